The molecule has 6 nitrogen and oxygen atoms in total. The van der Waals surface area contributed by atoms with Gasteiger partial charge >= 0.3 is 0 Å². The Morgan fingerprint density at radius 2 is 2.19 bits per heavy atom. The lowest BCUT2D eigenvalue weighted by Gasteiger charge is -2.06. The maximum Gasteiger partial charge on any atom is 0.170 e. The summed E-state index contributed by atoms with van der Waals surface area (Å²) in [4.78, 5) is 8.53. The zero-order chi connectivity index (χ0) is 15.0. The van der Waals surface area contributed by atoms with E-state index in [4.69, 9.17) is 16.3 Å². The quantitative estimate of drug-likeness (QED) is 0.693. The van der Waals surface area contributed by atoms with Gasteiger partial charge < -0.3 is 9.30 Å². The van der Waals surface area contributed by atoms with Crippen molar-refractivity contribution in [3.8, 4) is 5.75 Å². The summed E-state index contributed by atoms with van der Waals surface area (Å²) in [5.41, 5.74) is 1.26. The van der Waals surface area contributed by atoms with E-state index in [0.29, 0.717) is 23.7 Å². The molecule has 0 aliphatic heterocycles. The molecule has 0 spiro atoms. The monoisotopic (exact) mass is 309 g/mol. The summed E-state index contributed by atoms with van der Waals surface area (Å²) in [6, 6.07) is 2.95. The number of hydrogen-bond donors (Lipinski definition) is 0. The molecule has 3 aromatic rings. The van der Waals surface area contributed by atoms with E-state index in [0.717, 1.165) is 5.52 Å². The van der Waals surface area contributed by atoms with Crippen LogP contribution in [-0.2, 0) is 19.5 Å². The van der Waals surface area contributed by atoms with Crippen LogP contribution in [0, 0.1) is 5.82 Å². The van der Waals surface area contributed by atoms with Gasteiger partial charge in [0.05, 0.1) is 30.6 Å². The van der Waals surface area contributed by atoms with Crippen molar-refractivity contribution in [2.24, 2.45) is 7.05 Å². The third-order valence-corrected chi connectivity index (χ3v) is 3.41. The number of alkyl halides is 1. The van der Waals surface area contributed by atoms with Crippen molar-refractivity contribution in [3.63, 3.8) is 0 Å². The van der Waals surface area contributed by atoms with E-state index >= 15 is 0 Å². The molecule has 0 saturated heterocycles. The lowest BCUT2D eigenvalue weighted by Crippen LogP contribution is -2.06. The van der Waals surface area contributed by atoms with E-state index < -0.39 is 5.82 Å². The maximum atomic E-state index is 13.8. The van der Waals surface area contributed by atoms with E-state index in [1.54, 1.807) is 24.1 Å². The number of fused-ring (bicyclic) bond motifs is 1. The summed E-state index contributed by atoms with van der Waals surface area (Å²) < 4.78 is 22.3. The molecule has 8 heteroatoms. The van der Waals surface area contributed by atoms with Crippen LogP contribution in [0.1, 0.15) is 11.6 Å². The van der Waals surface area contributed by atoms with Crippen LogP contribution in [0.15, 0.2) is 18.5 Å². The van der Waals surface area contributed by atoms with E-state index in [-0.39, 0.29) is 11.6 Å². The van der Waals surface area contributed by atoms with Gasteiger partial charge in [-0.25, -0.2) is 14.4 Å². The minimum Gasteiger partial charge on any atom is -0.494 e. The Kier molecular flexibility index (Phi) is 3.50. The Morgan fingerprint density at radius 3 is 2.81 bits per heavy atom. The van der Waals surface area contributed by atoms with Gasteiger partial charge in [0.15, 0.2) is 17.4 Å². The van der Waals surface area contributed by atoms with Gasteiger partial charge in [0.2, 0.25) is 0 Å². The summed E-state index contributed by atoms with van der Waals surface area (Å²) in [6.45, 7) is 0.411. The molecule has 0 aliphatic carbocycles. The number of nitrogens with zero attached hydrogens (tertiary/aromatic N) is 5. The molecule has 2 aromatic heterocycles. The number of benzene rings is 1. The number of halogens is 2. The first-order valence-corrected chi connectivity index (χ1v) is 6.79. The third-order valence-electron chi connectivity index (χ3n) is 3.17. The molecule has 0 aliphatic rings. The Balaban J connectivity index is 2.14. The molecule has 0 atom stereocenters. The molecule has 0 amide bonds. The fraction of sp³-hybridized carbons (Fsp3) is 0.308. The molecule has 0 radical (unpaired) electrons. The largest absolute Gasteiger partial charge is 0.494 e. The summed E-state index contributed by atoms with van der Waals surface area (Å²) in [7, 11) is 3.22. The number of ether oxygens (including phenoxy) is 1. The van der Waals surface area contributed by atoms with Gasteiger partial charge in [-0.3, -0.25) is 4.68 Å². The normalized spacial score (nSPS) is 11.2. The Labute approximate surface area is 125 Å². The number of aromatic nitrogens is 5. The summed E-state index contributed by atoms with van der Waals surface area (Å²) in [5.74, 6) is 1.19. The zero-order valence-electron chi connectivity index (χ0n) is 11.5. The highest BCUT2D eigenvalue weighted by atomic mass is 35.5. The molecule has 0 saturated carbocycles. The lowest BCUT2D eigenvalue weighted by atomic mass is 10.3. The van der Waals surface area contributed by atoms with Crippen LogP contribution in [0.3, 0.4) is 0 Å². The predicted molar refractivity (Wildman–Crippen MR) is 75.9 cm³/mol. The van der Waals surface area contributed by atoms with Gasteiger partial charge in [-0.1, -0.05) is 0 Å². The first-order chi connectivity index (χ1) is 10.1. The standard InChI is InChI=1S/C13H13ClFN5O/c1-19-7-16-12(18-19)6-20-10-4-11(21-2)8(15)3-9(10)17-13(20)5-14/h3-4,7H,5-6H2,1-2H3. The molecular formula is C13H13ClFN5O. The van der Waals surface area contributed by atoms with E-state index in [9.17, 15) is 4.39 Å². The molecule has 0 bridgehead atoms. The first-order valence-electron chi connectivity index (χ1n) is 6.25. The number of rotatable bonds is 4. The number of methoxy groups -OCH3 is 1. The van der Waals surface area contributed by atoms with Gasteiger partial charge in [0.25, 0.3) is 0 Å². The summed E-state index contributed by atoms with van der Waals surface area (Å²) >= 11 is 5.93. The maximum absolute atomic E-state index is 13.8. The topological polar surface area (TPSA) is 57.8 Å². The van der Waals surface area contributed by atoms with Crippen molar-refractivity contribution in [1.82, 2.24) is 24.3 Å². The number of aryl methyl sites for hydroxylation is 1. The molecular weight excluding hydrogens is 297 g/mol. The van der Waals surface area contributed by atoms with Crippen LogP contribution in [0.2, 0.25) is 0 Å². The fourth-order valence-corrected chi connectivity index (χ4v) is 2.41. The molecule has 1 aromatic carbocycles. The molecule has 0 fully saturated rings. The van der Waals surface area contributed by atoms with Crippen molar-refractivity contribution >= 4 is 22.6 Å². The molecule has 3 rings (SSSR count). The second-order valence-corrected chi connectivity index (χ2v) is 4.83. The van der Waals surface area contributed by atoms with Gasteiger partial charge in [-0.15, -0.1) is 11.6 Å². The van der Waals surface area contributed by atoms with Crippen molar-refractivity contribution < 1.29 is 9.13 Å². The highest BCUT2D eigenvalue weighted by molar-refractivity contribution is 6.16. The van der Waals surface area contributed by atoms with Crippen LogP contribution < -0.4 is 4.74 Å². The highest BCUT2D eigenvalue weighted by Gasteiger charge is 2.15. The highest BCUT2D eigenvalue weighted by Crippen LogP contribution is 2.26. The van der Waals surface area contributed by atoms with Crippen molar-refractivity contribution in [2.45, 2.75) is 12.4 Å². The molecule has 110 valence electrons. The summed E-state index contributed by atoms with van der Waals surface area (Å²) in [6.07, 6.45) is 1.62. The van der Waals surface area contributed by atoms with E-state index in [1.807, 2.05) is 4.57 Å². The van der Waals surface area contributed by atoms with Gasteiger partial charge in [0.1, 0.15) is 12.2 Å². The van der Waals surface area contributed by atoms with E-state index in [2.05, 4.69) is 15.1 Å². The fourth-order valence-electron chi connectivity index (χ4n) is 2.21. The SMILES string of the molecule is COc1cc2c(cc1F)nc(CCl)n2Cc1ncn(C)n1. The second-order valence-electron chi connectivity index (χ2n) is 4.56. The molecule has 2 heterocycles. The van der Waals surface area contributed by atoms with Gasteiger partial charge in [-0.05, 0) is 0 Å². The minimum absolute atomic E-state index is 0.166. The van der Waals surface area contributed by atoms with Crippen LogP contribution >= 0.6 is 11.6 Å². The lowest BCUT2D eigenvalue weighted by molar-refractivity contribution is 0.387. The first kappa shape index (κ1) is 13.8. The number of imidazole rings is 1. The van der Waals surface area contributed by atoms with Gasteiger partial charge in [0, 0.05) is 19.2 Å². The van der Waals surface area contributed by atoms with Crippen molar-refractivity contribution in [3.05, 3.63) is 35.9 Å². The van der Waals surface area contributed by atoms with Crippen LogP contribution in [0.4, 0.5) is 4.39 Å². The molecule has 0 N–H and O–H groups in total. The second kappa shape index (κ2) is 5.33. The smallest absolute Gasteiger partial charge is 0.170 e. The molecule has 0 unspecified atom stereocenters. The Morgan fingerprint density at radius 1 is 1.38 bits per heavy atom. The average Bonchev–Trinajstić information content (AvgIpc) is 3.02. The summed E-state index contributed by atoms with van der Waals surface area (Å²) in [5, 5.41) is 4.24. The van der Waals surface area contributed by atoms with Crippen LogP contribution in [0.25, 0.3) is 11.0 Å². The average molecular weight is 310 g/mol. The van der Waals surface area contributed by atoms with Gasteiger partial charge in [-0.2, -0.15) is 5.10 Å². The predicted octanol–water partition coefficient (Wildman–Crippen LogP) is 2.10. The molecule has 21 heavy (non-hydrogen) atoms. The number of hydrogen-bond acceptors (Lipinski definition) is 4. The van der Waals surface area contributed by atoms with Crippen LogP contribution in [-0.4, -0.2) is 31.4 Å². The van der Waals surface area contributed by atoms with E-state index in [1.165, 1.54) is 13.2 Å². The Hall–Kier alpha value is -2.15. The minimum atomic E-state index is -0.452. The zero-order valence-corrected chi connectivity index (χ0v) is 12.3. The van der Waals surface area contributed by atoms with Crippen molar-refractivity contribution in [1.29, 1.82) is 0 Å². The van der Waals surface area contributed by atoms with Crippen LogP contribution in [0.5, 0.6) is 5.75 Å². The Bertz CT molecular complexity index is 797. The van der Waals surface area contributed by atoms with Crippen molar-refractivity contribution in [2.75, 3.05) is 7.11 Å². The third kappa shape index (κ3) is 2.44.